The molecule has 4 nitrogen and oxygen atoms in total. The zero-order valence-corrected chi connectivity index (χ0v) is 13.1. The van der Waals surface area contributed by atoms with Crippen LogP contribution < -0.4 is 0 Å². The lowest BCUT2D eigenvalue weighted by atomic mass is 9.60. The Morgan fingerprint density at radius 3 is 2.28 bits per heavy atom. The van der Waals surface area contributed by atoms with Crippen LogP contribution in [0.4, 0.5) is 0 Å². The van der Waals surface area contributed by atoms with E-state index < -0.39 is 7.82 Å². The topological polar surface area (TPSA) is 55.8 Å². The SMILES string of the molecule is CC(C)CC1(COP(=O)(O)OC(C)C)CC(C)C1. The minimum Gasteiger partial charge on any atom is -0.302 e. The van der Waals surface area contributed by atoms with E-state index in [0.29, 0.717) is 18.4 Å². The molecule has 1 rings (SSSR count). The lowest BCUT2D eigenvalue weighted by Gasteiger charge is -2.47. The average Bonchev–Trinajstić information content (AvgIpc) is 2.09. The van der Waals surface area contributed by atoms with E-state index in [2.05, 4.69) is 20.8 Å². The van der Waals surface area contributed by atoms with Crippen LogP contribution in [0, 0.1) is 17.3 Å². The second kappa shape index (κ2) is 6.04. The lowest BCUT2D eigenvalue weighted by Crippen LogP contribution is -2.40. The summed E-state index contributed by atoms with van der Waals surface area (Å²) in [6, 6.07) is 0. The van der Waals surface area contributed by atoms with Gasteiger partial charge >= 0.3 is 7.82 Å². The zero-order chi connectivity index (χ0) is 14.0. The molecule has 1 aliphatic carbocycles. The van der Waals surface area contributed by atoms with Gasteiger partial charge in [0.25, 0.3) is 0 Å². The average molecular weight is 278 g/mol. The molecule has 1 unspecified atom stereocenters. The Kier molecular flexibility index (Phi) is 5.43. The second-order valence-corrected chi connectivity index (χ2v) is 7.91. The molecule has 0 heterocycles. The molecule has 0 aromatic heterocycles. The Balaban J connectivity index is 2.51. The lowest BCUT2D eigenvalue weighted by molar-refractivity contribution is -0.0208. The van der Waals surface area contributed by atoms with Crippen molar-refractivity contribution in [2.75, 3.05) is 6.61 Å². The largest absolute Gasteiger partial charge is 0.472 e. The monoisotopic (exact) mass is 278 g/mol. The van der Waals surface area contributed by atoms with E-state index in [0.717, 1.165) is 19.3 Å². The van der Waals surface area contributed by atoms with Gasteiger partial charge in [-0.05, 0) is 50.4 Å². The van der Waals surface area contributed by atoms with Crippen LogP contribution in [-0.2, 0) is 13.6 Å². The molecule has 0 spiro atoms. The molecule has 0 amide bonds. The van der Waals surface area contributed by atoms with Crippen molar-refractivity contribution in [1.29, 1.82) is 0 Å². The molecule has 1 atom stereocenters. The van der Waals surface area contributed by atoms with Crippen molar-refractivity contribution >= 4 is 7.82 Å². The Hall–Kier alpha value is 0.110. The van der Waals surface area contributed by atoms with Crippen LogP contribution in [0.2, 0.25) is 0 Å². The summed E-state index contributed by atoms with van der Waals surface area (Å²) in [5.41, 5.74) is 0.0757. The minimum atomic E-state index is -3.89. The Morgan fingerprint density at radius 2 is 1.89 bits per heavy atom. The Bertz CT molecular complexity index is 308. The number of hydrogen-bond acceptors (Lipinski definition) is 3. The van der Waals surface area contributed by atoms with Gasteiger partial charge in [-0.2, -0.15) is 0 Å². The van der Waals surface area contributed by atoms with Crippen LogP contribution in [-0.4, -0.2) is 17.6 Å². The third-order valence-electron chi connectivity index (χ3n) is 3.28. The van der Waals surface area contributed by atoms with Gasteiger partial charge in [0.05, 0.1) is 12.7 Å². The molecule has 5 heteroatoms. The van der Waals surface area contributed by atoms with E-state index in [1.54, 1.807) is 13.8 Å². The maximum Gasteiger partial charge on any atom is 0.472 e. The van der Waals surface area contributed by atoms with E-state index in [1.165, 1.54) is 0 Å². The molecular weight excluding hydrogens is 251 g/mol. The van der Waals surface area contributed by atoms with Gasteiger partial charge < -0.3 is 4.89 Å². The molecule has 1 aliphatic rings. The van der Waals surface area contributed by atoms with Crippen molar-refractivity contribution in [1.82, 2.24) is 0 Å². The van der Waals surface area contributed by atoms with Crippen LogP contribution in [0.5, 0.6) is 0 Å². The summed E-state index contributed by atoms with van der Waals surface area (Å²) in [5.74, 6) is 1.27. The fourth-order valence-corrected chi connectivity index (χ4v) is 4.17. The van der Waals surface area contributed by atoms with Crippen molar-refractivity contribution in [3.63, 3.8) is 0 Å². The predicted molar refractivity (Wildman–Crippen MR) is 72.3 cm³/mol. The van der Waals surface area contributed by atoms with Crippen molar-refractivity contribution in [2.24, 2.45) is 17.3 Å². The molecule has 1 saturated carbocycles. The number of rotatable bonds is 7. The van der Waals surface area contributed by atoms with E-state index >= 15 is 0 Å². The van der Waals surface area contributed by atoms with E-state index in [9.17, 15) is 9.46 Å². The van der Waals surface area contributed by atoms with Gasteiger partial charge in [-0.1, -0.05) is 20.8 Å². The maximum atomic E-state index is 11.7. The molecule has 0 saturated heterocycles. The van der Waals surface area contributed by atoms with Gasteiger partial charge in [0.1, 0.15) is 0 Å². The molecule has 0 radical (unpaired) electrons. The predicted octanol–water partition coefficient (Wildman–Crippen LogP) is 3.99. The quantitative estimate of drug-likeness (QED) is 0.715. The smallest absolute Gasteiger partial charge is 0.302 e. The molecule has 18 heavy (non-hydrogen) atoms. The summed E-state index contributed by atoms with van der Waals surface area (Å²) in [7, 11) is -3.89. The fraction of sp³-hybridized carbons (Fsp3) is 1.00. The van der Waals surface area contributed by atoms with Crippen molar-refractivity contribution in [3.8, 4) is 0 Å². The molecular formula is C13H27O4P. The fourth-order valence-electron chi connectivity index (χ4n) is 3.14. The van der Waals surface area contributed by atoms with Crippen molar-refractivity contribution in [3.05, 3.63) is 0 Å². The van der Waals surface area contributed by atoms with Gasteiger partial charge in [0.15, 0.2) is 0 Å². The van der Waals surface area contributed by atoms with E-state index in [4.69, 9.17) is 9.05 Å². The normalized spacial score (nSPS) is 31.4. The molecule has 108 valence electrons. The molecule has 0 bridgehead atoms. The van der Waals surface area contributed by atoms with E-state index in [-0.39, 0.29) is 11.5 Å². The highest BCUT2D eigenvalue weighted by Crippen LogP contribution is 2.54. The summed E-state index contributed by atoms with van der Waals surface area (Å²) in [5, 5.41) is 0. The van der Waals surface area contributed by atoms with Crippen LogP contribution in [0.1, 0.15) is 53.9 Å². The van der Waals surface area contributed by atoms with Crippen molar-refractivity contribution < 1.29 is 18.5 Å². The highest BCUT2D eigenvalue weighted by molar-refractivity contribution is 7.47. The third-order valence-corrected chi connectivity index (χ3v) is 4.43. The molecule has 0 aromatic rings. The first-order chi connectivity index (χ1) is 8.14. The molecule has 1 N–H and O–H groups in total. The minimum absolute atomic E-state index is 0.0757. The maximum absolute atomic E-state index is 11.7. The Labute approximate surface area is 111 Å². The number of phosphoric ester groups is 1. The van der Waals surface area contributed by atoms with Crippen LogP contribution in [0.15, 0.2) is 0 Å². The Morgan fingerprint density at radius 1 is 1.33 bits per heavy atom. The van der Waals surface area contributed by atoms with Gasteiger partial charge in [0, 0.05) is 0 Å². The van der Waals surface area contributed by atoms with Gasteiger partial charge in [0.2, 0.25) is 0 Å². The highest BCUT2D eigenvalue weighted by Gasteiger charge is 2.44. The summed E-state index contributed by atoms with van der Waals surface area (Å²) in [6.45, 7) is 10.3. The van der Waals surface area contributed by atoms with Crippen molar-refractivity contribution in [2.45, 2.75) is 60.0 Å². The van der Waals surface area contributed by atoms with Crippen LogP contribution in [0.3, 0.4) is 0 Å². The standard InChI is InChI=1S/C13H27O4P/c1-10(2)6-13(7-12(5)8-13)9-16-18(14,15)17-11(3)4/h10-12H,6-9H2,1-5H3,(H,14,15). The van der Waals surface area contributed by atoms with Crippen LogP contribution >= 0.6 is 7.82 Å². The third kappa shape index (κ3) is 5.00. The van der Waals surface area contributed by atoms with Crippen LogP contribution in [0.25, 0.3) is 0 Å². The molecule has 0 aromatic carbocycles. The summed E-state index contributed by atoms with van der Waals surface area (Å²) in [4.78, 5) is 9.58. The van der Waals surface area contributed by atoms with Gasteiger partial charge in [-0.15, -0.1) is 0 Å². The summed E-state index contributed by atoms with van der Waals surface area (Å²) >= 11 is 0. The van der Waals surface area contributed by atoms with E-state index in [1.807, 2.05) is 0 Å². The van der Waals surface area contributed by atoms with Gasteiger partial charge in [-0.25, -0.2) is 4.57 Å². The number of hydrogen-bond donors (Lipinski definition) is 1. The molecule has 1 fully saturated rings. The first-order valence-corrected chi connectivity index (χ1v) is 8.29. The first-order valence-electron chi connectivity index (χ1n) is 6.80. The van der Waals surface area contributed by atoms with Gasteiger partial charge in [-0.3, -0.25) is 9.05 Å². The zero-order valence-electron chi connectivity index (χ0n) is 12.2. The summed E-state index contributed by atoms with van der Waals surface area (Å²) in [6.07, 6.45) is 2.89. The number of phosphoric acid groups is 1. The highest BCUT2D eigenvalue weighted by atomic mass is 31.2. The second-order valence-electron chi connectivity index (χ2n) is 6.51. The first kappa shape index (κ1) is 16.2. The molecule has 0 aliphatic heterocycles. The summed E-state index contributed by atoms with van der Waals surface area (Å²) < 4.78 is 21.8.